The summed E-state index contributed by atoms with van der Waals surface area (Å²) in [5.41, 5.74) is 0.996. The molecule has 0 fully saturated rings. The molecule has 0 atom stereocenters. The first-order valence-corrected chi connectivity index (χ1v) is 5.24. The number of hydrogen-bond acceptors (Lipinski definition) is 5. The summed E-state index contributed by atoms with van der Waals surface area (Å²) >= 11 is 0. The smallest absolute Gasteiger partial charge is 0.231 e. The molecule has 1 rings (SSSR count). The molecule has 0 heterocycles. The van der Waals surface area contributed by atoms with E-state index in [1.54, 1.807) is 19.2 Å². The maximum Gasteiger partial charge on any atom is 0.231 e. The number of methoxy groups -OCH3 is 1. The van der Waals surface area contributed by atoms with E-state index in [-0.39, 0.29) is 34.7 Å². The summed E-state index contributed by atoms with van der Waals surface area (Å²) in [5.74, 6) is -0.0399. The maximum atomic E-state index is 10.7. The van der Waals surface area contributed by atoms with Crippen molar-refractivity contribution in [2.24, 2.45) is 0 Å². The second-order valence-corrected chi connectivity index (χ2v) is 3.27. The number of esters is 1. The Bertz CT molecular complexity index is 377. The molecule has 0 amide bonds. The first-order chi connectivity index (χ1) is 8.76. The predicted octanol–water partition coefficient (Wildman–Crippen LogP) is 1.67. The summed E-state index contributed by atoms with van der Waals surface area (Å²) in [7, 11) is 1.57. The van der Waals surface area contributed by atoms with Crippen molar-refractivity contribution in [1.82, 2.24) is 0 Å². The summed E-state index contributed by atoms with van der Waals surface area (Å²) in [6.45, 7) is 3.71. The molecule has 0 aliphatic rings. The number of benzene rings is 1. The molecule has 0 saturated heterocycles. The molecule has 0 saturated carbocycles. The van der Waals surface area contributed by atoms with Crippen molar-refractivity contribution in [3.8, 4) is 5.75 Å². The fourth-order valence-electron chi connectivity index (χ4n) is 1.13. The fraction of sp³-hybridized carbons (Fsp3) is 0.308. The van der Waals surface area contributed by atoms with E-state index < -0.39 is 5.97 Å². The molecule has 0 aliphatic heterocycles. The molecule has 0 radical (unpaired) electrons. The van der Waals surface area contributed by atoms with Crippen LogP contribution in [-0.2, 0) is 46.7 Å². The second-order valence-electron chi connectivity index (χ2n) is 3.27. The van der Waals surface area contributed by atoms with Gasteiger partial charge in [0.05, 0.1) is 6.61 Å². The van der Waals surface area contributed by atoms with Crippen LogP contribution in [0.4, 0.5) is 0 Å². The topological polar surface area (TPSA) is 54.0 Å². The van der Waals surface area contributed by atoms with Crippen molar-refractivity contribution in [1.29, 1.82) is 0 Å². The van der Waals surface area contributed by atoms with Crippen molar-refractivity contribution >= 4 is 5.97 Å². The van der Waals surface area contributed by atoms with Crippen molar-refractivity contribution in [2.45, 2.75) is 6.61 Å². The van der Waals surface area contributed by atoms with Gasteiger partial charge in [0.15, 0.2) is 5.97 Å². The van der Waals surface area contributed by atoms with Crippen LogP contribution < -0.4 is 4.74 Å². The van der Waals surface area contributed by atoms with Gasteiger partial charge in [0, 0.05) is 28.2 Å². The fourth-order valence-corrected chi connectivity index (χ4v) is 1.13. The molecule has 19 heavy (non-hydrogen) atoms. The van der Waals surface area contributed by atoms with E-state index in [4.69, 9.17) is 14.2 Å². The summed E-state index contributed by atoms with van der Waals surface area (Å²) in [5, 5.41) is 0. The van der Waals surface area contributed by atoms with Gasteiger partial charge in [0.2, 0.25) is 6.79 Å². The molecule has 1 aromatic carbocycles. The Morgan fingerprint density at radius 1 is 1.26 bits per heavy atom. The first kappa shape index (κ1) is 17.8. The average molecular weight is 435 g/mol. The van der Waals surface area contributed by atoms with Crippen LogP contribution >= 0.6 is 0 Å². The Kier molecular flexibility index (Phi) is 10.1. The summed E-state index contributed by atoms with van der Waals surface area (Å²) in [6, 6.07) is 7.23. The molecular weight excluding hydrogens is 420 g/mol. The van der Waals surface area contributed by atoms with Crippen LogP contribution in [0.5, 0.6) is 5.75 Å². The first-order valence-electron chi connectivity index (χ1n) is 5.24. The Balaban J connectivity index is 0.00000324. The number of carbonyl (C=O) groups is 1. The molecule has 0 aromatic heterocycles. The van der Waals surface area contributed by atoms with Crippen LogP contribution in [0.3, 0.4) is 0 Å². The Morgan fingerprint density at radius 3 is 2.53 bits per heavy atom. The van der Waals surface area contributed by atoms with Gasteiger partial charge in [-0.25, -0.2) is 0 Å². The van der Waals surface area contributed by atoms with Gasteiger partial charge in [0.25, 0.3) is 0 Å². The van der Waals surface area contributed by atoms with Crippen LogP contribution in [-0.4, -0.2) is 26.7 Å². The molecule has 6 heteroatoms. The van der Waals surface area contributed by atoms with Crippen LogP contribution in [0.2, 0.25) is 0 Å². The van der Waals surface area contributed by atoms with Gasteiger partial charge in [-0.2, -0.15) is 0 Å². The molecular formula is C13H15O5W-. The van der Waals surface area contributed by atoms with Crippen LogP contribution in [0.1, 0.15) is 5.56 Å². The van der Waals surface area contributed by atoms with E-state index >= 15 is 0 Å². The molecule has 0 N–H and O–H groups in total. The number of hydrogen-bond donors (Lipinski definition) is 0. The van der Waals surface area contributed by atoms with Crippen LogP contribution in [0, 0.1) is 6.08 Å². The largest absolute Gasteiger partial charge is 0.457 e. The van der Waals surface area contributed by atoms with Crippen molar-refractivity contribution in [3.05, 3.63) is 42.5 Å². The molecule has 1 aromatic rings. The van der Waals surface area contributed by atoms with Gasteiger partial charge < -0.3 is 25.0 Å². The van der Waals surface area contributed by atoms with Gasteiger partial charge in [-0.05, 0) is 17.7 Å². The molecule has 104 valence electrons. The van der Waals surface area contributed by atoms with E-state index in [9.17, 15) is 4.79 Å². The molecule has 0 spiro atoms. The van der Waals surface area contributed by atoms with Crippen molar-refractivity contribution < 1.29 is 44.8 Å². The summed E-state index contributed by atoms with van der Waals surface area (Å²) in [6.07, 6.45) is 2.07. The summed E-state index contributed by atoms with van der Waals surface area (Å²) < 4.78 is 19.8. The van der Waals surface area contributed by atoms with E-state index in [0.29, 0.717) is 12.4 Å². The van der Waals surface area contributed by atoms with Gasteiger partial charge >= 0.3 is 0 Å². The predicted molar refractivity (Wildman–Crippen MR) is 63.6 cm³/mol. The maximum absolute atomic E-state index is 10.7. The molecule has 0 bridgehead atoms. The minimum atomic E-state index is -0.639. The third-order valence-corrected chi connectivity index (χ3v) is 1.95. The van der Waals surface area contributed by atoms with Gasteiger partial charge in [-0.1, -0.05) is 12.1 Å². The molecule has 5 nitrogen and oxygen atoms in total. The standard InChI is InChI=1S/C13H15O5.W/c1-3-13(14)18-10-17-12-6-4-11(5-7-12)8-16-9-15-2;/h4-7H,1,8-10H2,2H3;/q-1;. The zero-order valence-electron chi connectivity index (χ0n) is 10.6. The second kappa shape index (κ2) is 10.7. The third-order valence-electron chi connectivity index (χ3n) is 1.95. The van der Waals surface area contributed by atoms with Crippen molar-refractivity contribution in [2.75, 3.05) is 20.7 Å². The van der Waals surface area contributed by atoms with E-state index in [0.717, 1.165) is 5.56 Å². The van der Waals surface area contributed by atoms with Gasteiger partial charge in [0.1, 0.15) is 12.5 Å². The van der Waals surface area contributed by atoms with E-state index in [2.05, 4.69) is 17.4 Å². The number of ether oxygens (including phenoxy) is 4. The van der Waals surface area contributed by atoms with Crippen LogP contribution in [0.15, 0.2) is 30.8 Å². The number of rotatable bonds is 8. The Labute approximate surface area is 126 Å². The average Bonchev–Trinajstić information content (AvgIpc) is 2.40. The summed E-state index contributed by atoms with van der Waals surface area (Å²) in [4.78, 5) is 10.7. The third kappa shape index (κ3) is 7.77. The van der Waals surface area contributed by atoms with Crippen molar-refractivity contribution in [3.63, 3.8) is 0 Å². The van der Waals surface area contributed by atoms with Gasteiger partial charge in [-0.15, -0.1) is 0 Å². The monoisotopic (exact) mass is 435 g/mol. The van der Waals surface area contributed by atoms with Gasteiger partial charge in [-0.3, -0.25) is 11.4 Å². The van der Waals surface area contributed by atoms with E-state index in [1.807, 2.05) is 12.1 Å². The quantitative estimate of drug-likeness (QED) is 0.205. The molecule has 0 aliphatic carbocycles. The minimum absolute atomic E-state index is 0. The zero-order chi connectivity index (χ0) is 13.2. The zero-order valence-corrected chi connectivity index (χ0v) is 13.5. The van der Waals surface area contributed by atoms with E-state index in [1.165, 1.54) is 0 Å². The van der Waals surface area contributed by atoms with Crippen LogP contribution in [0.25, 0.3) is 0 Å². The Hall–Kier alpha value is -1.16. The number of carbonyl (C=O) groups excluding carboxylic acids is 1. The Morgan fingerprint density at radius 2 is 1.95 bits per heavy atom. The molecule has 0 unspecified atom stereocenters. The SMILES string of the molecule is C=[C-]C(=O)OCOc1ccc(COCOC)cc1.[W]. The normalized spacial score (nSPS) is 9.32. The minimum Gasteiger partial charge on any atom is -0.457 e.